The normalized spacial score (nSPS) is 14.7. The lowest BCUT2D eigenvalue weighted by molar-refractivity contribution is -0.111. The molecule has 0 aliphatic heterocycles. The highest BCUT2D eigenvalue weighted by molar-refractivity contribution is 7.19. The van der Waals surface area contributed by atoms with Gasteiger partial charge in [0.15, 0.2) is 0 Å². The fraction of sp³-hybridized carbons (Fsp3) is 0.200. The molecule has 4 rings (SSSR count). The summed E-state index contributed by atoms with van der Waals surface area (Å²) in [5.74, 6) is 0.346. The number of nitrogens with zero attached hydrogens (tertiary/aromatic N) is 3. The third-order valence-corrected chi connectivity index (χ3v) is 5.29. The van der Waals surface area contributed by atoms with Gasteiger partial charge in [-0.05, 0) is 31.1 Å². The number of aromatic nitrogens is 3. The number of thiazole rings is 1. The molecule has 1 saturated carbocycles. The number of hydrogen-bond acceptors (Lipinski definition) is 6. The topological polar surface area (TPSA) is 67.8 Å². The van der Waals surface area contributed by atoms with Gasteiger partial charge in [-0.15, -0.1) is 21.5 Å². The molecule has 1 aliphatic rings. The molecule has 0 bridgehead atoms. The molecule has 0 unspecified atom stereocenters. The van der Waals surface area contributed by atoms with E-state index in [0.29, 0.717) is 11.0 Å². The molecule has 110 valence electrons. The number of carbonyl (C=O) groups is 1. The lowest BCUT2D eigenvalue weighted by Gasteiger charge is -1.93. The Labute approximate surface area is 134 Å². The van der Waals surface area contributed by atoms with Gasteiger partial charge in [-0.1, -0.05) is 23.5 Å². The largest absolute Gasteiger partial charge is 0.297 e. The molecular formula is C15H12N4OS2. The lowest BCUT2D eigenvalue weighted by Crippen LogP contribution is -2.07. The summed E-state index contributed by atoms with van der Waals surface area (Å²) in [6, 6.07) is 7.91. The molecule has 1 aromatic carbocycles. The van der Waals surface area contributed by atoms with E-state index in [1.807, 2.05) is 24.3 Å². The van der Waals surface area contributed by atoms with E-state index in [4.69, 9.17) is 0 Å². The second kappa shape index (κ2) is 5.58. The molecule has 1 amide bonds. The molecule has 1 N–H and O–H groups in total. The molecule has 1 aliphatic carbocycles. The van der Waals surface area contributed by atoms with E-state index in [-0.39, 0.29) is 5.91 Å². The van der Waals surface area contributed by atoms with Crippen molar-refractivity contribution in [3.63, 3.8) is 0 Å². The van der Waals surface area contributed by atoms with Gasteiger partial charge in [-0.2, -0.15) is 0 Å². The minimum absolute atomic E-state index is 0.210. The maximum atomic E-state index is 11.9. The van der Waals surface area contributed by atoms with E-state index in [9.17, 15) is 4.79 Å². The molecule has 5 nitrogen and oxygen atoms in total. The van der Waals surface area contributed by atoms with Crippen LogP contribution in [0.3, 0.4) is 0 Å². The van der Waals surface area contributed by atoms with Crippen molar-refractivity contribution in [3.8, 4) is 0 Å². The Balaban J connectivity index is 1.43. The van der Waals surface area contributed by atoms with Crippen molar-refractivity contribution < 1.29 is 4.79 Å². The maximum absolute atomic E-state index is 11.9. The number of para-hydroxylation sites is 1. The van der Waals surface area contributed by atoms with Gasteiger partial charge in [-0.25, -0.2) is 4.98 Å². The first-order valence-electron chi connectivity index (χ1n) is 6.96. The second-order valence-electron chi connectivity index (χ2n) is 5.06. The Kier molecular flexibility index (Phi) is 3.44. The van der Waals surface area contributed by atoms with E-state index in [0.717, 1.165) is 20.2 Å². The van der Waals surface area contributed by atoms with Gasteiger partial charge in [0, 0.05) is 12.0 Å². The van der Waals surface area contributed by atoms with Crippen molar-refractivity contribution in [2.45, 2.75) is 18.8 Å². The van der Waals surface area contributed by atoms with E-state index >= 15 is 0 Å². The average Bonchev–Trinajstić information content (AvgIpc) is 3.12. The van der Waals surface area contributed by atoms with Gasteiger partial charge in [0.1, 0.15) is 10.0 Å². The monoisotopic (exact) mass is 328 g/mol. The van der Waals surface area contributed by atoms with Crippen molar-refractivity contribution in [1.82, 2.24) is 15.2 Å². The Bertz CT molecular complexity index is 830. The standard InChI is InChI=1S/C15H12N4OS2/c20-12(17-15-19-18-14(22-15)9-5-6-9)7-8-13-16-10-3-1-2-4-11(10)21-13/h1-4,7-9H,5-6H2,(H,17,19,20). The molecule has 3 aromatic rings. The highest BCUT2D eigenvalue weighted by Crippen LogP contribution is 2.42. The van der Waals surface area contributed by atoms with Crippen molar-refractivity contribution in [2.24, 2.45) is 0 Å². The summed E-state index contributed by atoms with van der Waals surface area (Å²) in [7, 11) is 0. The Morgan fingerprint density at radius 1 is 1.23 bits per heavy atom. The number of benzene rings is 1. The van der Waals surface area contributed by atoms with Crippen LogP contribution in [0.25, 0.3) is 16.3 Å². The predicted molar refractivity (Wildman–Crippen MR) is 89.2 cm³/mol. The molecule has 0 spiro atoms. The van der Waals surface area contributed by atoms with Crippen LogP contribution in [-0.4, -0.2) is 21.1 Å². The molecule has 7 heteroatoms. The molecule has 0 atom stereocenters. The van der Waals surface area contributed by atoms with Crippen LogP contribution in [0.15, 0.2) is 30.3 Å². The van der Waals surface area contributed by atoms with E-state index in [1.165, 1.54) is 30.3 Å². The van der Waals surface area contributed by atoms with Crippen LogP contribution in [0, 0.1) is 0 Å². The van der Waals surface area contributed by atoms with Crippen molar-refractivity contribution >= 4 is 50.0 Å². The van der Waals surface area contributed by atoms with Crippen LogP contribution >= 0.6 is 22.7 Å². The second-order valence-corrected chi connectivity index (χ2v) is 7.13. The molecule has 0 radical (unpaired) electrons. The highest BCUT2D eigenvalue weighted by atomic mass is 32.1. The summed E-state index contributed by atoms with van der Waals surface area (Å²) in [6.45, 7) is 0. The number of carbonyl (C=O) groups excluding carboxylic acids is 1. The lowest BCUT2D eigenvalue weighted by atomic mass is 10.3. The smallest absolute Gasteiger partial charge is 0.250 e. The first-order chi connectivity index (χ1) is 10.8. The minimum Gasteiger partial charge on any atom is -0.297 e. The Morgan fingerprint density at radius 2 is 2.09 bits per heavy atom. The fourth-order valence-electron chi connectivity index (χ4n) is 2.04. The van der Waals surface area contributed by atoms with Crippen molar-refractivity contribution in [3.05, 3.63) is 40.4 Å². The van der Waals surface area contributed by atoms with Crippen molar-refractivity contribution in [1.29, 1.82) is 0 Å². The van der Waals surface area contributed by atoms with Gasteiger partial charge in [-0.3, -0.25) is 10.1 Å². The van der Waals surface area contributed by atoms with Gasteiger partial charge in [0.25, 0.3) is 0 Å². The van der Waals surface area contributed by atoms with Crippen LogP contribution < -0.4 is 5.32 Å². The number of anilines is 1. The predicted octanol–water partition coefficient (Wildman–Crippen LogP) is 3.68. The van der Waals surface area contributed by atoms with Crippen LogP contribution in [0.2, 0.25) is 0 Å². The zero-order valence-corrected chi connectivity index (χ0v) is 13.2. The summed E-state index contributed by atoms with van der Waals surface area (Å²) in [4.78, 5) is 16.4. The number of amides is 1. The highest BCUT2D eigenvalue weighted by Gasteiger charge is 2.27. The zero-order chi connectivity index (χ0) is 14.9. The third-order valence-electron chi connectivity index (χ3n) is 3.29. The Hall–Kier alpha value is -2.12. The number of nitrogens with one attached hydrogen (secondary N) is 1. The molecule has 2 heterocycles. The molecule has 1 fully saturated rings. The van der Waals surface area contributed by atoms with Crippen LogP contribution in [0.4, 0.5) is 5.13 Å². The number of hydrogen-bond donors (Lipinski definition) is 1. The number of rotatable bonds is 4. The van der Waals surface area contributed by atoms with Gasteiger partial charge >= 0.3 is 0 Å². The fourth-order valence-corrected chi connectivity index (χ4v) is 3.82. The van der Waals surface area contributed by atoms with Crippen LogP contribution in [0.5, 0.6) is 0 Å². The summed E-state index contributed by atoms with van der Waals surface area (Å²) in [6.07, 6.45) is 5.57. The average molecular weight is 328 g/mol. The van der Waals surface area contributed by atoms with Crippen molar-refractivity contribution in [2.75, 3.05) is 5.32 Å². The first kappa shape index (κ1) is 13.5. The summed E-state index contributed by atoms with van der Waals surface area (Å²) >= 11 is 3.01. The summed E-state index contributed by atoms with van der Waals surface area (Å²) in [5, 5.41) is 13.2. The first-order valence-corrected chi connectivity index (χ1v) is 8.59. The third kappa shape index (κ3) is 2.90. The molecule has 22 heavy (non-hydrogen) atoms. The summed E-state index contributed by atoms with van der Waals surface area (Å²) < 4.78 is 1.11. The summed E-state index contributed by atoms with van der Waals surface area (Å²) in [5.41, 5.74) is 0.950. The quantitative estimate of drug-likeness (QED) is 0.742. The van der Waals surface area contributed by atoms with Crippen LogP contribution in [0.1, 0.15) is 28.8 Å². The zero-order valence-electron chi connectivity index (χ0n) is 11.5. The van der Waals surface area contributed by atoms with E-state index in [1.54, 1.807) is 17.4 Å². The van der Waals surface area contributed by atoms with E-state index < -0.39 is 0 Å². The van der Waals surface area contributed by atoms with Gasteiger partial charge in [0.2, 0.25) is 11.0 Å². The molecular weight excluding hydrogens is 316 g/mol. The molecule has 0 saturated heterocycles. The SMILES string of the molecule is O=C(C=Cc1nc2ccccc2s1)Nc1nnc(C2CC2)s1. The van der Waals surface area contributed by atoms with Gasteiger partial charge < -0.3 is 0 Å². The van der Waals surface area contributed by atoms with Gasteiger partial charge in [0.05, 0.1) is 10.2 Å². The minimum atomic E-state index is -0.210. The number of fused-ring (bicyclic) bond motifs is 1. The Morgan fingerprint density at radius 3 is 2.91 bits per heavy atom. The van der Waals surface area contributed by atoms with E-state index in [2.05, 4.69) is 20.5 Å². The maximum Gasteiger partial charge on any atom is 0.250 e. The van der Waals surface area contributed by atoms with Crippen LogP contribution in [-0.2, 0) is 4.79 Å². The molecule has 2 aromatic heterocycles.